The molecular weight excluding hydrogens is 230 g/mol. The van der Waals surface area contributed by atoms with Crippen LogP contribution in [0.15, 0.2) is 0 Å². The van der Waals surface area contributed by atoms with Crippen LogP contribution in [0.1, 0.15) is 39.5 Å². The highest BCUT2D eigenvalue weighted by Crippen LogP contribution is 2.11. The van der Waals surface area contributed by atoms with Gasteiger partial charge in [0.15, 0.2) is 0 Å². The molecule has 0 aliphatic rings. The minimum Gasteiger partial charge on any atom is -0.463 e. The Kier molecular flexibility index (Phi) is 6.83. The summed E-state index contributed by atoms with van der Waals surface area (Å²) in [7, 11) is 1.78. The molecule has 0 saturated carbocycles. The quantitative estimate of drug-likeness (QED) is 0.658. The van der Waals surface area contributed by atoms with E-state index in [0.717, 1.165) is 19.4 Å². The summed E-state index contributed by atoms with van der Waals surface area (Å²) in [4.78, 5) is 12.6. The highest BCUT2D eigenvalue weighted by molar-refractivity contribution is 5.35. The van der Waals surface area contributed by atoms with Gasteiger partial charge in [-0.3, -0.25) is 0 Å². The van der Waals surface area contributed by atoms with E-state index in [2.05, 4.69) is 32.5 Å². The summed E-state index contributed by atoms with van der Waals surface area (Å²) in [5.74, 6) is 1.09. The van der Waals surface area contributed by atoms with Crippen LogP contribution in [-0.2, 0) is 0 Å². The second kappa shape index (κ2) is 8.49. The topological polar surface area (TPSA) is 72.0 Å². The number of nitrogens with zero attached hydrogens (tertiary/aromatic N) is 3. The van der Waals surface area contributed by atoms with E-state index in [1.165, 1.54) is 12.8 Å². The van der Waals surface area contributed by atoms with E-state index in [4.69, 9.17) is 4.74 Å². The third-order valence-corrected chi connectivity index (χ3v) is 2.34. The summed E-state index contributed by atoms with van der Waals surface area (Å²) in [6, 6.07) is 0.370. The fourth-order valence-electron chi connectivity index (χ4n) is 1.38. The largest absolute Gasteiger partial charge is 0.463 e. The number of nitrogens with one attached hydrogen (secondary N) is 2. The van der Waals surface area contributed by atoms with Crippen LogP contribution in [0.3, 0.4) is 0 Å². The lowest BCUT2D eigenvalue weighted by molar-refractivity contribution is 0.292. The number of aromatic nitrogens is 3. The minimum atomic E-state index is 0.370. The van der Waals surface area contributed by atoms with E-state index in [-0.39, 0.29) is 0 Å². The molecule has 0 aliphatic heterocycles. The van der Waals surface area contributed by atoms with Crippen molar-refractivity contribution in [2.24, 2.45) is 0 Å². The zero-order valence-corrected chi connectivity index (χ0v) is 11.5. The van der Waals surface area contributed by atoms with Crippen molar-refractivity contribution in [2.75, 3.05) is 30.8 Å². The second-order valence-electron chi connectivity index (χ2n) is 4.00. The Morgan fingerprint density at radius 1 is 1.00 bits per heavy atom. The van der Waals surface area contributed by atoms with Gasteiger partial charge in [-0.25, -0.2) is 0 Å². The summed E-state index contributed by atoms with van der Waals surface area (Å²) in [5, 5.41) is 6.09. The third kappa shape index (κ3) is 5.16. The van der Waals surface area contributed by atoms with Crippen LogP contribution in [0.2, 0.25) is 0 Å². The van der Waals surface area contributed by atoms with Gasteiger partial charge in [-0.05, 0) is 12.8 Å². The Morgan fingerprint density at radius 3 is 2.44 bits per heavy atom. The highest BCUT2D eigenvalue weighted by Gasteiger charge is 2.05. The van der Waals surface area contributed by atoms with Crippen LogP contribution >= 0.6 is 0 Å². The molecular formula is C12H23N5O. The number of anilines is 2. The summed E-state index contributed by atoms with van der Waals surface area (Å²) in [6.07, 6.45) is 4.45. The molecule has 1 aromatic rings. The first-order chi connectivity index (χ1) is 8.80. The Morgan fingerprint density at radius 2 is 1.78 bits per heavy atom. The molecule has 1 rings (SSSR count). The molecule has 0 aliphatic carbocycles. The fraction of sp³-hybridized carbons (Fsp3) is 0.750. The van der Waals surface area contributed by atoms with Gasteiger partial charge in [0.2, 0.25) is 11.9 Å². The molecule has 0 atom stereocenters. The molecule has 0 aromatic carbocycles. The molecule has 2 N–H and O–H groups in total. The van der Waals surface area contributed by atoms with Gasteiger partial charge in [0.05, 0.1) is 6.61 Å². The average molecular weight is 253 g/mol. The van der Waals surface area contributed by atoms with Gasteiger partial charge in [-0.1, -0.05) is 26.7 Å². The van der Waals surface area contributed by atoms with Gasteiger partial charge in [-0.15, -0.1) is 0 Å². The highest BCUT2D eigenvalue weighted by atomic mass is 16.5. The van der Waals surface area contributed by atoms with Crippen molar-refractivity contribution >= 4 is 11.9 Å². The van der Waals surface area contributed by atoms with Gasteiger partial charge in [0, 0.05) is 13.6 Å². The van der Waals surface area contributed by atoms with E-state index in [1.807, 2.05) is 6.92 Å². The van der Waals surface area contributed by atoms with E-state index in [9.17, 15) is 0 Å². The molecule has 1 heterocycles. The number of rotatable bonds is 9. The number of unbranched alkanes of at least 4 members (excludes halogenated alkanes) is 2. The fourth-order valence-corrected chi connectivity index (χ4v) is 1.38. The maximum Gasteiger partial charge on any atom is 0.323 e. The molecule has 0 unspecified atom stereocenters. The molecule has 0 spiro atoms. The first kappa shape index (κ1) is 14.5. The molecule has 6 heteroatoms. The van der Waals surface area contributed by atoms with Crippen LogP contribution in [-0.4, -0.2) is 35.2 Å². The first-order valence-electron chi connectivity index (χ1n) is 6.60. The van der Waals surface area contributed by atoms with Crippen molar-refractivity contribution in [3.8, 4) is 6.01 Å². The SMILES string of the molecule is CCCCCNc1nc(NC)nc(OCCC)n1. The lowest BCUT2D eigenvalue weighted by Gasteiger charge is -2.08. The summed E-state index contributed by atoms with van der Waals surface area (Å²) < 4.78 is 5.42. The molecule has 1 aromatic heterocycles. The number of ether oxygens (including phenoxy) is 1. The van der Waals surface area contributed by atoms with Gasteiger partial charge in [0.1, 0.15) is 0 Å². The lowest BCUT2D eigenvalue weighted by Crippen LogP contribution is -2.10. The van der Waals surface area contributed by atoms with Gasteiger partial charge < -0.3 is 15.4 Å². The first-order valence-corrected chi connectivity index (χ1v) is 6.60. The molecule has 0 amide bonds. The summed E-state index contributed by atoms with van der Waals surface area (Å²) >= 11 is 0. The van der Waals surface area contributed by atoms with E-state index in [0.29, 0.717) is 24.5 Å². The Hall–Kier alpha value is -1.59. The van der Waals surface area contributed by atoms with E-state index >= 15 is 0 Å². The van der Waals surface area contributed by atoms with Crippen molar-refractivity contribution in [1.82, 2.24) is 15.0 Å². The molecule has 18 heavy (non-hydrogen) atoms. The average Bonchev–Trinajstić information content (AvgIpc) is 2.41. The predicted molar refractivity (Wildman–Crippen MR) is 73.2 cm³/mol. The zero-order chi connectivity index (χ0) is 13.2. The molecule has 0 fully saturated rings. The van der Waals surface area contributed by atoms with Gasteiger partial charge >= 0.3 is 6.01 Å². The standard InChI is InChI=1S/C12H23N5O/c1-4-6-7-8-14-11-15-10(13-3)16-12(17-11)18-9-5-2/h4-9H2,1-3H3,(H2,13,14,15,16,17). The second-order valence-corrected chi connectivity index (χ2v) is 4.00. The van der Waals surface area contributed by atoms with Crippen molar-refractivity contribution < 1.29 is 4.74 Å². The molecule has 0 radical (unpaired) electrons. The van der Waals surface area contributed by atoms with Gasteiger partial charge in [-0.2, -0.15) is 15.0 Å². The van der Waals surface area contributed by atoms with Crippen molar-refractivity contribution in [3.05, 3.63) is 0 Å². The minimum absolute atomic E-state index is 0.370. The smallest absolute Gasteiger partial charge is 0.323 e. The summed E-state index contributed by atoms with van der Waals surface area (Å²) in [5.41, 5.74) is 0. The van der Waals surface area contributed by atoms with Gasteiger partial charge in [0.25, 0.3) is 0 Å². The molecule has 0 bridgehead atoms. The number of hydrogen-bond acceptors (Lipinski definition) is 6. The summed E-state index contributed by atoms with van der Waals surface area (Å²) in [6.45, 7) is 5.71. The van der Waals surface area contributed by atoms with Crippen LogP contribution in [0.25, 0.3) is 0 Å². The third-order valence-electron chi connectivity index (χ3n) is 2.34. The normalized spacial score (nSPS) is 10.2. The van der Waals surface area contributed by atoms with Crippen LogP contribution < -0.4 is 15.4 Å². The molecule has 6 nitrogen and oxygen atoms in total. The maximum absolute atomic E-state index is 5.42. The molecule has 102 valence electrons. The van der Waals surface area contributed by atoms with Crippen LogP contribution in [0, 0.1) is 0 Å². The van der Waals surface area contributed by atoms with Crippen LogP contribution in [0.4, 0.5) is 11.9 Å². The Bertz CT molecular complexity index is 345. The van der Waals surface area contributed by atoms with E-state index in [1.54, 1.807) is 7.05 Å². The monoisotopic (exact) mass is 253 g/mol. The number of hydrogen-bond donors (Lipinski definition) is 2. The lowest BCUT2D eigenvalue weighted by atomic mass is 10.2. The predicted octanol–water partition coefficient (Wildman–Crippen LogP) is 2.30. The zero-order valence-electron chi connectivity index (χ0n) is 11.5. The van der Waals surface area contributed by atoms with Crippen molar-refractivity contribution in [1.29, 1.82) is 0 Å². The van der Waals surface area contributed by atoms with Crippen molar-refractivity contribution in [3.63, 3.8) is 0 Å². The van der Waals surface area contributed by atoms with E-state index < -0.39 is 0 Å². The maximum atomic E-state index is 5.42. The van der Waals surface area contributed by atoms with Crippen LogP contribution in [0.5, 0.6) is 6.01 Å². The Labute approximate surface area is 109 Å². The van der Waals surface area contributed by atoms with Crippen molar-refractivity contribution in [2.45, 2.75) is 39.5 Å². The Balaban J connectivity index is 2.58. The molecule has 0 saturated heterocycles.